The summed E-state index contributed by atoms with van der Waals surface area (Å²) < 4.78 is 0. The van der Waals surface area contributed by atoms with Gasteiger partial charge in [0.25, 0.3) is 0 Å². The van der Waals surface area contributed by atoms with Gasteiger partial charge in [0.15, 0.2) is 0 Å². The van der Waals surface area contributed by atoms with Crippen molar-refractivity contribution in [2.24, 2.45) is 5.73 Å². The van der Waals surface area contributed by atoms with E-state index in [9.17, 15) is 0 Å². The molecule has 0 saturated heterocycles. The molecule has 0 unspecified atom stereocenters. The van der Waals surface area contributed by atoms with Gasteiger partial charge in [0.2, 0.25) is 0 Å². The lowest BCUT2D eigenvalue weighted by Gasteiger charge is -2.35. The monoisotopic (exact) mass is 220 g/mol. The van der Waals surface area contributed by atoms with Crippen molar-refractivity contribution in [1.29, 1.82) is 0 Å². The minimum atomic E-state index is 0.0786. The zero-order valence-corrected chi connectivity index (χ0v) is 10.7. The van der Waals surface area contributed by atoms with Crippen LogP contribution in [0.4, 0.5) is 0 Å². The second kappa shape index (κ2) is 6.02. The van der Waals surface area contributed by atoms with Crippen LogP contribution < -0.4 is 11.1 Å². The molecule has 1 aromatic carbocycles. The van der Waals surface area contributed by atoms with E-state index in [1.807, 2.05) is 6.07 Å². The van der Waals surface area contributed by atoms with Crippen LogP contribution in [0.15, 0.2) is 30.3 Å². The molecule has 0 saturated carbocycles. The Hall–Kier alpha value is -0.860. The fraction of sp³-hybridized carbons (Fsp3) is 0.571. The van der Waals surface area contributed by atoms with Crippen molar-refractivity contribution in [3.05, 3.63) is 35.9 Å². The average molecular weight is 220 g/mol. The summed E-state index contributed by atoms with van der Waals surface area (Å²) in [6, 6.07) is 10.9. The van der Waals surface area contributed by atoms with E-state index >= 15 is 0 Å². The van der Waals surface area contributed by atoms with Crippen LogP contribution in [-0.2, 0) is 0 Å². The van der Waals surface area contributed by atoms with Crippen LogP contribution in [0.3, 0.4) is 0 Å². The summed E-state index contributed by atoms with van der Waals surface area (Å²) in [5.74, 6) is 0. The third kappa shape index (κ3) is 3.06. The Morgan fingerprint density at radius 3 is 2.19 bits per heavy atom. The highest BCUT2D eigenvalue weighted by Crippen LogP contribution is 2.20. The molecule has 0 bridgehead atoms. The molecule has 1 aromatic rings. The number of hydrogen-bond donors (Lipinski definition) is 2. The summed E-state index contributed by atoms with van der Waals surface area (Å²) in [5.41, 5.74) is 7.29. The third-order valence-electron chi connectivity index (χ3n) is 3.57. The maximum absolute atomic E-state index is 5.89. The van der Waals surface area contributed by atoms with E-state index in [0.29, 0.717) is 12.6 Å². The Kier molecular flexibility index (Phi) is 4.97. The van der Waals surface area contributed by atoms with E-state index in [4.69, 9.17) is 5.73 Å². The molecule has 0 aliphatic heterocycles. The van der Waals surface area contributed by atoms with Gasteiger partial charge < -0.3 is 11.1 Å². The minimum Gasteiger partial charge on any atom is -0.329 e. The van der Waals surface area contributed by atoms with Crippen LogP contribution >= 0.6 is 0 Å². The van der Waals surface area contributed by atoms with Gasteiger partial charge in [-0.05, 0) is 25.3 Å². The molecule has 0 radical (unpaired) electrons. The zero-order chi connectivity index (χ0) is 12.0. The summed E-state index contributed by atoms with van der Waals surface area (Å²) in [6.07, 6.45) is 2.13. The van der Waals surface area contributed by atoms with Gasteiger partial charge in [0, 0.05) is 18.1 Å². The summed E-state index contributed by atoms with van der Waals surface area (Å²) in [7, 11) is 0. The highest BCUT2D eigenvalue weighted by molar-refractivity contribution is 5.18. The van der Waals surface area contributed by atoms with Crippen molar-refractivity contribution < 1.29 is 0 Å². The van der Waals surface area contributed by atoms with Gasteiger partial charge in [0.1, 0.15) is 0 Å². The SMILES string of the molecule is CCC(CC)(CN)N[C@@H](C)c1ccccc1. The standard InChI is InChI=1S/C14H24N2/c1-4-14(5-2,11-15)16-12(3)13-9-7-6-8-10-13/h6-10,12,16H,4-5,11,15H2,1-3H3/t12-/m0/s1. The molecule has 0 heterocycles. The summed E-state index contributed by atoms with van der Waals surface area (Å²) >= 11 is 0. The van der Waals surface area contributed by atoms with Crippen LogP contribution in [0, 0.1) is 0 Å². The molecule has 3 N–H and O–H groups in total. The van der Waals surface area contributed by atoms with Crippen molar-refractivity contribution >= 4 is 0 Å². The first-order valence-corrected chi connectivity index (χ1v) is 6.20. The molecule has 90 valence electrons. The van der Waals surface area contributed by atoms with Crippen molar-refractivity contribution in [3.63, 3.8) is 0 Å². The molecule has 1 rings (SSSR count). The average Bonchev–Trinajstić information content (AvgIpc) is 2.37. The van der Waals surface area contributed by atoms with E-state index in [-0.39, 0.29) is 5.54 Å². The Bertz CT molecular complexity index is 283. The number of rotatable bonds is 6. The normalized spacial score (nSPS) is 13.8. The number of nitrogens with one attached hydrogen (secondary N) is 1. The van der Waals surface area contributed by atoms with Gasteiger partial charge in [-0.1, -0.05) is 44.2 Å². The molecule has 0 fully saturated rings. The Labute approximate surface area is 99.2 Å². The van der Waals surface area contributed by atoms with Crippen molar-refractivity contribution in [2.75, 3.05) is 6.54 Å². The summed E-state index contributed by atoms with van der Waals surface area (Å²) in [6.45, 7) is 7.28. The first kappa shape index (κ1) is 13.2. The van der Waals surface area contributed by atoms with Crippen LogP contribution in [-0.4, -0.2) is 12.1 Å². The molecule has 16 heavy (non-hydrogen) atoms. The first-order valence-electron chi connectivity index (χ1n) is 6.20. The highest BCUT2D eigenvalue weighted by atomic mass is 15.0. The Balaban J connectivity index is 2.73. The van der Waals surface area contributed by atoms with E-state index < -0.39 is 0 Å². The van der Waals surface area contributed by atoms with Crippen LogP contribution in [0.1, 0.15) is 45.2 Å². The minimum absolute atomic E-state index is 0.0786. The van der Waals surface area contributed by atoms with Crippen LogP contribution in [0.5, 0.6) is 0 Å². The molecular formula is C14H24N2. The van der Waals surface area contributed by atoms with E-state index in [1.54, 1.807) is 0 Å². The quantitative estimate of drug-likeness (QED) is 0.773. The van der Waals surface area contributed by atoms with Crippen LogP contribution in [0.25, 0.3) is 0 Å². The van der Waals surface area contributed by atoms with E-state index in [1.165, 1.54) is 5.56 Å². The lowest BCUT2D eigenvalue weighted by Crippen LogP contribution is -2.51. The van der Waals surface area contributed by atoms with Gasteiger partial charge in [0.05, 0.1) is 0 Å². The summed E-state index contributed by atoms with van der Waals surface area (Å²) in [4.78, 5) is 0. The lowest BCUT2D eigenvalue weighted by atomic mass is 9.91. The first-order chi connectivity index (χ1) is 7.67. The molecule has 1 atom stereocenters. The van der Waals surface area contributed by atoms with Crippen LogP contribution in [0.2, 0.25) is 0 Å². The second-order valence-electron chi connectivity index (χ2n) is 4.47. The molecule has 0 spiro atoms. The van der Waals surface area contributed by atoms with Crippen molar-refractivity contribution in [3.8, 4) is 0 Å². The van der Waals surface area contributed by atoms with Gasteiger partial charge >= 0.3 is 0 Å². The predicted molar refractivity (Wildman–Crippen MR) is 70.4 cm³/mol. The Morgan fingerprint density at radius 2 is 1.75 bits per heavy atom. The van der Waals surface area contributed by atoms with Crippen molar-refractivity contribution in [2.45, 2.75) is 45.2 Å². The predicted octanol–water partition coefficient (Wildman–Crippen LogP) is 2.85. The molecule has 0 amide bonds. The lowest BCUT2D eigenvalue weighted by molar-refractivity contribution is 0.280. The number of benzene rings is 1. The van der Waals surface area contributed by atoms with Gasteiger partial charge in [-0.2, -0.15) is 0 Å². The molecule has 0 aliphatic rings. The zero-order valence-electron chi connectivity index (χ0n) is 10.7. The number of hydrogen-bond acceptors (Lipinski definition) is 2. The largest absolute Gasteiger partial charge is 0.329 e. The summed E-state index contributed by atoms with van der Waals surface area (Å²) in [5, 5.41) is 3.67. The highest BCUT2D eigenvalue weighted by Gasteiger charge is 2.25. The molecule has 0 aromatic heterocycles. The smallest absolute Gasteiger partial charge is 0.0304 e. The molecular weight excluding hydrogens is 196 g/mol. The molecule has 2 heteroatoms. The number of nitrogens with two attached hydrogens (primary N) is 1. The molecule has 0 aliphatic carbocycles. The Morgan fingerprint density at radius 1 is 1.19 bits per heavy atom. The van der Waals surface area contributed by atoms with E-state index in [2.05, 4.69) is 50.4 Å². The fourth-order valence-corrected chi connectivity index (χ4v) is 2.09. The maximum atomic E-state index is 5.89. The maximum Gasteiger partial charge on any atom is 0.0304 e. The second-order valence-corrected chi connectivity index (χ2v) is 4.47. The topological polar surface area (TPSA) is 38.0 Å². The van der Waals surface area contributed by atoms with Crippen molar-refractivity contribution in [1.82, 2.24) is 5.32 Å². The van der Waals surface area contributed by atoms with E-state index in [0.717, 1.165) is 12.8 Å². The van der Waals surface area contributed by atoms with Gasteiger partial charge in [-0.25, -0.2) is 0 Å². The van der Waals surface area contributed by atoms with Gasteiger partial charge in [-0.3, -0.25) is 0 Å². The fourth-order valence-electron chi connectivity index (χ4n) is 2.09. The molecule has 2 nitrogen and oxygen atoms in total. The third-order valence-corrected chi connectivity index (χ3v) is 3.57. The van der Waals surface area contributed by atoms with Gasteiger partial charge in [-0.15, -0.1) is 0 Å².